The number of nitrogens with two attached hydrogens (primary N) is 1. The van der Waals surface area contributed by atoms with Crippen LogP contribution >= 0.6 is 0 Å². The van der Waals surface area contributed by atoms with Crippen LogP contribution in [0.5, 0.6) is 0 Å². The van der Waals surface area contributed by atoms with Crippen LogP contribution in [0, 0.1) is 11.3 Å². The number of aliphatic hydroxyl groups excluding tert-OH is 1. The smallest absolute Gasteiger partial charge is 0.224 e. The van der Waals surface area contributed by atoms with Crippen molar-refractivity contribution < 1.29 is 9.90 Å². The molecule has 1 atom stereocenters. The molecule has 4 nitrogen and oxygen atoms in total. The van der Waals surface area contributed by atoms with Gasteiger partial charge in [0.05, 0.1) is 6.61 Å². The van der Waals surface area contributed by atoms with E-state index in [0.717, 1.165) is 32.1 Å². The molecule has 1 saturated carbocycles. The van der Waals surface area contributed by atoms with Crippen molar-refractivity contribution in [3.05, 3.63) is 0 Å². The van der Waals surface area contributed by atoms with Gasteiger partial charge in [0.15, 0.2) is 0 Å². The van der Waals surface area contributed by atoms with Crippen LogP contribution in [-0.2, 0) is 4.79 Å². The SMILES string of the molecule is CCC(CN)C(=O)NCC1(CO)CCCC1. The first-order valence-electron chi connectivity index (χ1n) is 6.26. The number of nitrogens with one attached hydrogen (secondary N) is 1. The lowest BCUT2D eigenvalue weighted by molar-refractivity contribution is -0.125. The number of hydrogen-bond acceptors (Lipinski definition) is 3. The number of amides is 1. The molecule has 1 rings (SSSR count). The maximum Gasteiger partial charge on any atom is 0.224 e. The van der Waals surface area contributed by atoms with E-state index in [9.17, 15) is 9.90 Å². The Balaban J connectivity index is 2.40. The molecule has 1 unspecified atom stereocenters. The highest BCUT2D eigenvalue weighted by molar-refractivity contribution is 5.78. The standard InChI is InChI=1S/C12H24N2O2/c1-2-10(7-13)11(16)14-8-12(9-15)5-3-4-6-12/h10,15H,2-9,13H2,1H3,(H,14,16). The van der Waals surface area contributed by atoms with Crippen LogP contribution in [0.25, 0.3) is 0 Å². The third kappa shape index (κ3) is 3.19. The van der Waals surface area contributed by atoms with Gasteiger partial charge in [-0.3, -0.25) is 4.79 Å². The van der Waals surface area contributed by atoms with Crippen molar-refractivity contribution in [3.63, 3.8) is 0 Å². The summed E-state index contributed by atoms with van der Waals surface area (Å²) in [4.78, 5) is 11.7. The Morgan fingerprint density at radius 3 is 2.56 bits per heavy atom. The maximum absolute atomic E-state index is 11.7. The van der Waals surface area contributed by atoms with Crippen LogP contribution < -0.4 is 11.1 Å². The minimum Gasteiger partial charge on any atom is -0.396 e. The summed E-state index contributed by atoms with van der Waals surface area (Å²) in [7, 11) is 0. The van der Waals surface area contributed by atoms with E-state index in [2.05, 4.69) is 5.32 Å². The van der Waals surface area contributed by atoms with Crippen LogP contribution in [0.4, 0.5) is 0 Å². The molecule has 0 saturated heterocycles. The first kappa shape index (κ1) is 13.5. The summed E-state index contributed by atoms with van der Waals surface area (Å²) >= 11 is 0. The minimum absolute atomic E-state index is 0.0322. The lowest BCUT2D eigenvalue weighted by atomic mass is 9.87. The van der Waals surface area contributed by atoms with E-state index in [0.29, 0.717) is 13.1 Å². The molecule has 0 aromatic rings. The molecular weight excluding hydrogens is 204 g/mol. The summed E-state index contributed by atoms with van der Waals surface area (Å²) in [6.45, 7) is 3.13. The van der Waals surface area contributed by atoms with Gasteiger partial charge in [0.25, 0.3) is 0 Å². The zero-order chi connectivity index (χ0) is 12.0. The predicted molar refractivity (Wildman–Crippen MR) is 63.8 cm³/mol. The molecule has 0 bridgehead atoms. The van der Waals surface area contributed by atoms with Gasteiger partial charge >= 0.3 is 0 Å². The average Bonchev–Trinajstić information content (AvgIpc) is 2.77. The van der Waals surface area contributed by atoms with Gasteiger partial charge in [-0.2, -0.15) is 0 Å². The van der Waals surface area contributed by atoms with E-state index < -0.39 is 0 Å². The summed E-state index contributed by atoms with van der Waals surface area (Å²) in [5.41, 5.74) is 5.46. The van der Waals surface area contributed by atoms with Gasteiger partial charge < -0.3 is 16.2 Å². The van der Waals surface area contributed by atoms with Crippen LogP contribution in [0.2, 0.25) is 0 Å². The Hall–Kier alpha value is -0.610. The van der Waals surface area contributed by atoms with Crippen molar-refractivity contribution in [2.24, 2.45) is 17.1 Å². The first-order valence-corrected chi connectivity index (χ1v) is 6.26. The van der Waals surface area contributed by atoms with Gasteiger partial charge in [-0.15, -0.1) is 0 Å². The zero-order valence-electron chi connectivity index (χ0n) is 10.2. The minimum atomic E-state index is -0.0860. The second-order valence-electron chi connectivity index (χ2n) is 4.92. The molecule has 4 heteroatoms. The summed E-state index contributed by atoms with van der Waals surface area (Å²) in [5, 5.41) is 12.3. The Kier molecular flexibility index (Phi) is 5.22. The molecule has 16 heavy (non-hydrogen) atoms. The largest absolute Gasteiger partial charge is 0.396 e. The highest BCUT2D eigenvalue weighted by Gasteiger charge is 2.33. The van der Waals surface area contributed by atoms with Crippen LogP contribution in [-0.4, -0.2) is 30.7 Å². The molecule has 1 amide bonds. The normalized spacial score (nSPS) is 20.7. The molecule has 0 spiro atoms. The number of carbonyl (C=O) groups is 1. The number of hydrogen-bond donors (Lipinski definition) is 3. The molecule has 94 valence electrons. The number of carbonyl (C=O) groups excluding carboxylic acids is 1. The summed E-state index contributed by atoms with van der Waals surface area (Å²) in [6, 6.07) is 0. The molecule has 0 aromatic carbocycles. The molecule has 1 fully saturated rings. The second-order valence-corrected chi connectivity index (χ2v) is 4.92. The Labute approximate surface area is 97.6 Å². The third-order valence-corrected chi connectivity index (χ3v) is 3.79. The summed E-state index contributed by atoms with van der Waals surface area (Å²) in [6.07, 6.45) is 5.12. The predicted octanol–water partition coefficient (Wildman–Crippen LogP) is 0.640. The van der Waals surface area contributed by atoms with E-state index in [1.54, 1.807) is 0 Å². The van der Waals surface area contributed by atoms with Crippen molar-refractivity contribution in [3.8, 4) is 0 Å². The third-order valence-electron chi connectivity index (χ3n) is 3.79. The molecule has 0 aliphatic heterocycles. The molecule has 4 N–H and O–H groups in total. The first-order chi connectivity index (χ1) is 7.67. The quantitative estimate of drug-likeness (QED) is 0.624. The Morgan fingerprint density at radius 2 is 2.12 bits per heavy atom. The highest BCUT2D eigenvalue weighted by atomic mass is 16.3. The van der Waals surface area contributed by atoms with Gasteiger partial charge in [-0.05, 0) is 19.3 Å². The molecule has 0 aromatic heterocycles. The van der Waals surface area contributed by atoms with E-state index in [-0.39, 0.29) is 23.8 Å². The van der Waals surface area contributed by atoms with E-state index in [1.165, 1.54) is 0 Å². The van der Waals surface area contributed by atoms with Crippen molar-refractivity contribution >= 4 is 5.91 Å². The zero-order valence-corrected chi connectivity index (χ0v) is 10.2. The molecule has 0 radical (unpaired) electrons. The molecule has 0 heterocycles. The van der Waals surface area contributed by atoms with Crippen molar-refractivity contribution in [2.45, 2.75) is 39.0 Å². The molecule has 1 aliphatic carbocycles. The average molecular weight is 228 g/mol. The fourth-order valence-corrected chi connectivity index (χ4v) is 2.39. The van der Waals surface area contributed by atoms with E-state index >= 15 is 0 Å². The Morgan fingerprint density at radius 1 is 1.50 bits per heavy atom. The summed E-state index contributed by atoms with van der Waals surface area (Å²) < 4.78 is 0. The van der Waals surface area contributed by atoms with Crippen molar-refractivity contribution in [2.75, 3.05) is 19.7 Å². The van der Waals surface area contributed by atoms with Gasteiger partial charge in [0, 0.05) is 24.4 Å². The van der Waals surface area contributed by atoms with Crippen LogP contribution in [0.3, 0.4) is 0 Å². The number of rotatable bonds is 6. The van der Waals surface area contributed by atoms with Gasteiger partial charge in [0.2, 0.25) is 5.91 Å². The van der Waals surface area contributed by atoms with E-state index in [1.807, 2.05) is 6.92 Å². The lowest BCUT2D eigenvalue weighted by Gasteiger charge is -2.27. The van der Waals surface area contributed by atoms with Crippen LogP contribution in [0.1, 0.15) is 39.0 Å². The topological polar surface area (TPSA) is 75.4 Å². The molecule has 1 aliphatic rings. The Bertz CT molecular complexity index is 221. The second kappa shape index (κ2) is 6.21. The monoisotopic (exact) mass is 228 g/mol. The van der Waals surface area contributed by atoms with Crippen molar-refractivity contribution in [1.29, 1.82) is 0 Å². The van der Waals surface area contributed by atoms with Gasteiger partial charge in [-0.25, -0.2) is 0 Å². The fraction of sp³-hybridized carbons (Fsp3) is 0.917. The van der Waals surface area contributed by atoms with Gasteiger partial charge in [0.1, 0.15) is 0 Å². The number of aliphatic hydroxyl groups is 1. The maximum atomic E-state index is 11.7. The van der Waals surface area contributed by atoms with E-state index in [4.69, 9.17) is 5.73 Å². The van der Waals surface area contributed by atoms with Crippen molar-refractivity contribution in [1.82, 2.24) is 5.32 Å². The lowest BCUT2D eigenvalue weighted by Crippen LogP contribution is -2.42. The fourth-order valence-electron chi connectivity index (χ4n) is 2.39. The van der Waals surface area contributed by atoms with Crippen LogP contribution in [0.15, 0.2) is 0 Å². The molecular formula is C12H24N2O2. The van der Waals surface area contributed by atoms with Gasteiger partial charge in [-0.1, -0.05) is 19.8 Å². The highest BCUT2D eigenvalue weighted by Crippen LogP contribution is 2.36. The summed E-state index contributed by atoms with van der Waals surface area (Å²) in [5.74, 6) is -0.0538.